The Morgan fingerprint density at radius 2 is 2.12 bits per heavy atom. The number of rotatable bonds is 6. The molecule has 3 N–H and O–H groups in total. The van der Waals surface area contributed by atoms with Crippen LogP contribution in [0.1, 0.15) is 32.3 Å². The standard InChI is InChI=1S/C17H27N5O2/c1-3-21(4-2)15-8-7-13(10-19-15)11-20-16(23)14-6-5-9-22(12-14)17(18)24/h7-8,10,14H,3-6,9,11-12H2,1-2H3,(H2,18,24)(H,20,23)/t14-/m0/s1. The fourth-order valence-corrected chi connectivity index (χ4v) is 2.98. The van der Waals surface area contributed by atoms with Gasteiger partial charge in [0.15, 0.2) is 0 Å². The molecular weight excluding hydrogens is 306 g/mol. The summed E-state index contributed by atoms with van der Waals surface area (Å²) in [5.74, 6) is 0.724. The van der Waals surface area contributed by atoms with E-state index in [9.17, 15) is 9.59 Å². The Morgan fingerprint density at radius 1 is 1.38 bits per heavy atom. The van der Waals surface area contributed by atoms with Crippen molar-refractivity contribution in [1.82, 2.24) is 15.2 Å². The van der Waals surface area contributed by atoms with Gasteiger partial charge in [-0.3, -0.25) is 4.79 Å². The number of hydrogen-bond donors (Lipinski definition) is 2. The van der Waals surface area contributed by atoms with Crippen LogP contribution < -0.4 is 16.0 Å². The van der Waals surface area contributed by atoms with E-state index in [0.717, 1.165) is 37.3 Å². The monoisotopic (exact) mass is 333 g/mol. The van der Waals surface area contributed by atoms with Crippen molar-refractivity contribution >= 4 is 17.8 Å². The normalized spacial score (nSPS) is 17.4. The number of aromatic nitrogens is 1. The number of hydrogen-bond acceptors (Lipinski definition) is 4. The smallest absolute Gasteiger partial charge is 0.314 e. The molecule has 0 unspecified atom stereocenters. The average Bonchev–Trinajstić information content (AvgIpc) is 2.62. The molecule has 3 amide bonds. The summed E-state index contributed by atoms with van der Waals surface area (Å²) in [4.78, 5) is 31.7. The summed E-state index contributed by atoms with van der Waals surface area (Å²) in [5.41, 5.74) is 6.26. The first-order valence-corrected chi connectivity index (χ1v) is 8.57. The number of carbonyl (C=O) groups is 2. The van der Waals surface area contributed by atoms with Crippen LogP contribution in [-0.4, -0.2) is 48.0 Å². The number of urea groups is 1. The summed E-state index contributed by atoms with van der Waals surface area (Å²) >= 11 is 0. The molecule has 1 aromatic rings. The fourth-order valence-electron chi connectivity index (χ4n) is 2.98. The molecule has 0 aliphatic carbocycles. The third kappa shape index (κ3) is 4.59. The minimum atomic E-state index is -0.455. The van der Waals surface area contributed by atoms with Gasteiger partial charge in [0.1, 0.15) is 5.82 Å². The Kier molecular flexibility index (Phi) is 6.40. The van der Waals surface area contributed by atoms with E-state index in [-0.39, 0.29) is 11.8 Å². The maximum absolute atomic E-state index is 12.3. The molecule has 0 radical (unpaired) electrons. The van der Waals surface area contributed by atoms with Gasteiger partial charge in [0.05, 0.1) is 5.92 Å². The minimum absolute atomic E-state index is 0.0335. The van der Waals surface area contributed by atoms with Gasteiger partial charge < -0.3 is 20.9 Å². The van der Waals surface area contributed by atoms with E-state index in [4.69, 9.17) is 5.73 Å². The Morgan fingerprint density at radius 3 is 2.71 bits per heavy atom. The molecule has 0 aromatic carbocycles. The van der Waals surface area contributed by atoms with Crippen molar-refractivity contribution in [3.8, 4) is 0 Å². The number of nitrogens with zero attached hydrogens (tertiary/aromatic N) is 3. The lowest BCUT2D eigenvalue weighted by atomic mass is 9.97. The molecule has 132 valence electrons. The summed E-state index contributed by atoms with van der Waals surface area (Å²) in [6, 6.07) is 3.50. The van der Waals surface area contributed by atoms with Crippen LogP contribution in [-0.2, 0) is 11.3 Å². The molecule has 1 fully saturated rings. The van der Waals surface area contributed by atoms with E-state index in [0.29, 0.717) is 19.6 Å². The molecule has 24 heavy (non-hydrogen) atoms. The molecule has 0 spiro atoms. The molecule has 1 aromatic heterocycles. The SMILES string of the molecule is CCN(CC)c1ccc(CNC(=O)[C@H]2CCCN(C(N)=O)C2)cn1. The topological polar surface area (TPSA) is 91.6 Å². The number of nitrogens with one attached hydrogen (secondary N) is 1. The van der Waals surface area contributed by atoms with Gasteiger partial charge in [0, 0.05) is 38.9 Å². The van der Waals surface area contributed by atoms with Gasteiger partial charge in [-0.25, -0.2) is 9.78 Å². The van der Waals surface area contributed by atoms with Crippen LogP contribution in [0.15, 0.2) is 18.3 Å². The van der Waals surface area contributed by atoms with Crippen molar-refractivity contribution in [3.05, 3.63) is 23.9 Å². The highest BCUT2D eigenvalue weighted by Gasteiger charge is 2.27. The number of anilines is 1. The van der Waals surface area contributed by atoms with Crippen LogP contribution in [0, 0.1) is 5.92 Å². The predicted molar refractivity (Wildman–Crippen MR) is 93.5 cm³/mol. The first-order chi connectivity index (χ1) is 11.5. The van der Waals surface area contributed by atoms with E-state index in [1.165, 1.54) is 4.90 Å². The van der Waals surface area contributed by atoms with Gasteiger partial charge in [-0.2, -0.15) is 0 Å². The molecule has 0 saturated carbocycles. The Balaban J connectivity index is 1.86. The molecule has 7 heteroatoms. The predicted octanol–water partition coefficient (Wildman–Crippen LogP) is 1.33. The quantitative estimate of drug-likeness (QED) is 0.822. The number of amides is 3. The van der Waals surface area contributed by atoms with Crippen LogP contribution in [0.5, 0.6) is 0 Å². The van der Waals surface area contributed by atoms with Crippen molar-refractivity contribution < 1.29 is 9.59 Å². The molecule has 1 saturated heterocycles. The molecule has 2 rings (SSSR count). The number of piperidine rings is 1. The molecule has 1 atom stereocenters. The molecule has 0 bridgehead atoms. The highest BCUT2D eigenvalue weighted by atomic mass is 16.2. The third-order valence-electron chi connectivity index (χ3n) is 4.47. The van der Waals surface area contributed by atoms with Crippen LogP contribution in [0.25, 0.3) is 0 Å². The number of pyridine rings is 1. The molecule has 1 aliphatic heterocycles. The zero-order chi connectivity index (χ0) is 17.5. The summed E-state index contributed by atoms with van der Waals surface area (Å²) in [6.45, 7) is 7.50. The van der Waals surface area contributed by atoms with E-state index < -0.39 is 6.03 Å². The second-order valence-electron chi connectivity index (χ2n) is 6.04. The van der Waals surface area contributed by atoms with Crippen molar-refractivity contribution in [2.24, 2.45) is 11.7 Å². The third-order valence-corrected chi connectivity index (χ3v) is 4.47. The number of likely N-dealkylation sites (tertiary alicyclic amines) is 1. The van der Waals surface area contributed by atoms with Crippen LogP contribution in [0.4, 0.5) is 10.6 Å². The number of primary amides is 1. The Labute approximate surface area is 143 Å². The Hall–Kier alpha value is -2.31. The minimum Gasteiger partial charge on any atom is -0.357 e. The zero-order valence-corrected chi connectivity index (χ0v) is 14.5. The van der Waals surface area contributed by atoms with E-state index in [1.807, 2.05) is 12.1 Å². The number of nitrogens with two attached hydrogens (primary N) is 1. The summed E-state index contributed by atoms with van der Waals surface area (Å²) in [6.07, 6.45) is 3.39. The lowest BCUT2D eigenvalue weighted by molar-refractivity contribution is -0.126. The maximum Gasteiger partial charge on any atom is 0.314 e. The van der Waals surface area contributed by atoms with Gasteiger partial charge in [0.25, 0.3) is 0 Å². The lowest BCUT2D eigenvalue weighted by Gasteiger charge is -2.30. The van der Waals surface area contributed by atoms with Crippen molar-refractivity contribution in [2.75, 3.05) is 31.1 Å². The molecule has 1 aliphatic rings. The average molecular weight is 333 g/mol. The second-order valence-corrected chi connectivity index (χ2v) is 6.04. The fraction of sp³-hybridized carbons (Fsp3) is 0.588. The van der Waals surface area contributed by atoms with Gasteiger partial charge in [-0.1, -0.05) is 6.07 Å². The molecule has 7 nitrogen and oxygen atoms in total. The van der Waals surface area contributed by atoms with Gasteiger partial charge >= 0.3 is 6.03 Å². The highest BCUT2D eigenvalue weighted by Crippen LogP contribution is 2.17. The lowest BCUT2D eigenvalue weighted by Crippen LogP contribution is -2.47. The van der Waals surface area contributed by atoms with Crippen LogP contribution >= 0.6 is 0 Å². The van der Waals surface area contributed by atoms with E-state index in [2.05, 4.69) is 29.0 Å². The summed E-state index contributed by atoms with van der Waals surface area (Å²) < 4.78 is 0. The van der Waals surface area contributed by atoms with Crippen LogP contribution in [0.3, 0.4) is 0 Å². The molecular formula is C17H27N5O2. The maximum atomic E-state index is 12.3. The largest absolute Gasteiger partial charge is 0.357 e. The highest BCUT2D eigenvalue weighted by molar-refractivity contribution is 5.80. The van der Waals surface area contributed by atoms with Crippen LogP contribution in [0.2, 0.25) is 0 Å². The first-order valence-electron chi connectivity index (χ1n) is 8.57. The van der Waals surface area contributed by atoms with E-state index in [1.54, 1.807) is 6.20 Å². The summed E-state index contributed by atoms with van der Waals surface area (Å²) in [5, 5.41) is 2.93. The number of carbonyl (C=O) groups excluding carboxylic acids is 2. The van der Waals surface area contributed by atoms with Gasteiger partial charge in [0.2, 0.25) is 5.91 Å². The van der Waals surface area contributed by atoms with Crippen molar-refractivity contribution in [3.63, 3.8) is 0 Å². The second kappa shape index (κ2) is 8.52. The van der Waals surface area contributed by atoms with E-state index >= 15 is 0 Å². The van der Waals surface area contributed by atoms with Gasteiger partial charge in [-0.15, -0.1) is 0 Å². The van der Waals surface area contributed by atoms with Crippen molar-refractivity contribution in [2.45, 2.75) is 33.2 Å². The Bertz CT molecular complexity index is 557. The summed E-state index contributed by atoms with van der Waals surface area (Å²) in [7, 11) is 0. The van der Waals surface area contributed by atoms with Crippen molar-refractivity contribution in [1.29, 1.82) is 0 Å². The van der Waals surface area contributed by atoms with Gasteiger partial charge in [-0.05, 0) is 38.3 Å². The molecule has 2 heterocycles. The zero-order valence-electron chi connectivity index (χ0n) is 14.5. The first kappa shape index (κ1) is 18.0.